The predicted molar refractivity (Wildman–Crippen MR) is 94.4 cm³/mol. The van der Waals surface area contributed by atoms with E-state index >= 15 is 0 Å². The number of pyridine rings is 1. The largest absolute Gasteiger partial charge is 0.423 e. The Morgan fingerprint density at radius 1 is 1.36 bits per heavy atom. The minimum absolute atomic E-state index is 0.0364. The van der Waals surface area contributed by atoms with E-state index in [-0.39, 0.29) is 11.9 Å². The number of halogens is 1. The number of para-hydroxylation sites is 1. The number of hydrogen-bond acceptors (Lipinski definition) is 5. The second-order valence-electron chi connectivity index (χ2n) is 5.69. The Balaban J connectivity index is 1.66. The second-order valence-corrected chi connectivity index (χ2v) is 6.13. The first kappa shape index (κ1) is 15.5. The van der Waals surface area contributed by atoms with Gasteiger partial charge in [0.15, 0.2) is 5.58 Å². The first-order valence-corrected chi connectivity index (χ1v) is 7.93. The maximum absolute atomic E-state index is 12.8. The number of nitrogens with zero attached hydrogens (tertiary/aromatic N) is 4. The van der Waals surface area contributed by atoms with Gasteiger partial charge in [-0.25, -0.2) is 4.98 Å². The van der Waals surface area contributed by atoms with Crippen LogP contribution in [-0.4, -0.2) is 32.2 Å². The van der Waals surface area contributed by atoms with Crippen LogP contribution in [0.5, 0.6) is 0 Å². The molecule has 25 heavy (non-hydrogen) atoms. The van der Waals surface area contributed by atoms with E-state index in [0.29, 0.717) is 28.2 Å². The van der Waals surface area contributed by atoms with Gasteiger partial charge in [0.05, 0.1) is 29.0 Å². The average Bonchev–Trinajstić information content (AvgIpc) is 3.16. The Labute approximate surface area is 147 Å². The lowest BCUT2D eigenvalue weighted by Crippen LogP contribution is -2.26. The Morgan fingerprint density at radius 3 is 3.04 bits per heavy atom. The van der Waals surface area contributed by atoms with E-state index in [1.54, 1.807) is 48.6 Å². The number of benzene rings is 1. The molecule has 4 aromatic rings. The van der Waals surface area contributed by atoms with Gasteiger partial charge >= 0.3 is 0 Å². The monoisotopic (exact) mass is 355 g/mol. The van der Waals surface area contributed by atoms with Crippen LogP contribution >= 0.6 is 11.6 Å². The molecule has 3 heterocycles. The highest BCUT2D eigenvalue weighted by atomic mass is 35.5. The first-order valence-electron chi connectivity index (χ1n) is 7.55. The molecule has 0 radical (unpaired) electrons. The van der Waals surface area contributed by atoms with E-state index in [9.17, 15) is 4.79 Å². The molecule has 2 N–H and O–H groups in total. The number of amides is 1. The van der Waals surface area contributed by atoms with Gasteiger partial charge in [-0.05, 0) is 24.3 Å². The summed E-state index contributed by atoms with van der Waals surface area (Å²) in [7, 11) is 1.71. The molecule has 0 aliphatic heterocycles. The molecule has 3 aromatic heterocycles. The lowest BCUT2D eigenvalue weighted by molar-refractivity contribution is 0.0784. The van der Waals surface area contributed by atoms with Gasteiger partial charge in [0.2, 0.25) is 0 Å². The van der Waals surface area contributed by atoms with E-state index in [1.807, 2.05) is 10.5 Å². The third-order valence-electron chi connectivity index (χ3n) is 3.95. The van der Waals surface area contributed by atoms with E-state index in [2.05, 4.69) is 9.97 Å². The molecule has 0 aliphatic carbocycles. The summed E-state index contributed by atoms with van der Waals surface area (Å²) in [6.07, 6.45) is 3.50. The normalized spacial score (nSPS) is 11.3. The third-order valence-corrected chi connectivity index (χ3v) is 4.18. The summed E-state index contributed by atoms with van der Waals surface area (Å²) in [6, 6.07) is 8.83. The number of aromatic nitrogens is 3. The molecule has 7 nitrogen and oxygen atoms in total. The third kappa shape index (κ3) is 2.68. The highest BCUT2D eigenvalue weighted by Gasteiger charge is 2.19. The Morgan fingerprint density at radius 2 is 2.20 bits per heavy atom. The number of anilines is 1. The molecule has 0 atom stereocenters. The van der Waals surface area contributed by atoms with Crippen LogP contribution in [0.25, 0.3) is 16.7 Å². The van der Waals surface area contributed by atoms with Gasteiger partial charge in [0.25, 0.3) is 11.9 Å². The molecule has 4 rings (SSSR count). The summed E-state index contributed by atoms with van der Waals surface area (Å²) >= 11 is 6.05. The van der Waals surface area contributed by atoms with Crippen molar-refractivity contribution in [2.75, 3.05) is 12.8 Å². The number of hydrogen-bond donors (Lipinski definition) is 1. The van der Waals surface area contributed by atoms with Crippen LogP contribution in [0.15, 0.2) is 47.1 Å². The highest BCUT2D eigenvalue weighted by molar-refractivity contribution is 6.30. The van der Waals surface area contributed by atoms with E-state index in [1.165, 1.54) is 0 Å². The molecule has 0 saturated heterocycles. The molecule has 0 bridgehead atoms. The molecule has 0 fully saturated rings. The van der Waals surface area contributed by atoms with Crippen LogP contribution in [-0.2, 0) is 6.54 Å². The predicted octanol–water partition coefficient (Wildman–Crippen LogP) is 2.98. The van der Waals surface area contributed by atoms with Gasteiger partial charge in [-0.2, -0.15) is 4.98 Å². The molecule has 8 heteroatoms. The second kappa shape index (κ2) is 5.78. The smallest absolute Gasteiger partial charge is 0.293 e. The van der Waals surface area contributed by atoms with E-state index < -0.39 is 0 Å². The molecule has 0 saturated carbocycles. The van der Waals surface area contributed by atoms with Crippen LogP contribution in [0, 0.1) is 0 Å². The number of carbonyl (C=O) groups excluding carboxylic acids is 1. The Bertz CT molecular complexity index is 1100. The zero-order chi connectivity index (χ0) is 17.6. The number of nitrogens with two attached hydrogens (primary N) is 1. The standard InChI is InChI=1S/C17H14ClN5O2/c1-22(9-11-7-20-14-6-5-10(18)8-23(11)14)16(24)12-3-2-4-13-15(12)25-17(19)21-13/h2-8H,9H2,1H3,(H2,19,21). The van der Waals surface area contributed by atoms with Crippen molar-refractivity contribution < 1.29 is 9.21 Å². The zero-order valence-electron chi connectivity index (χ0n) is 13.3. The van der Waals surface area contributed by atoms with Crippen molar-refractivity contribution in [1.82, 2.24) is 19.3 Å². The van der Waals surface area contributed by atoms with Crippen LogP contribution < -0.4 is 5.73 Å². The topological polar surface area (TPSA) is 89.7 Å². The van der Waals surface area contributed by atoms with Gasteiger partial charge in [-0.3, -0.25) is 4.79 Å². The minimum atomic E-state index is -0.196. The average molecular weight is 356 g/mol. The van der Waals surface area contributed by atoms with Crippen LogP contribution in [0.4, 0.5) is 6.01 Å². The summed E-state index contributed by atoms with van der Waals surface area (Å²) in [4.78, 5) is 22.8. The molecule has 0 aliphatic rings. The van der Waals surface area contributed by atoms with E-state index in [0.717, 1.165) is 11.3 Å². The quantitative estimate of drug-likeness (QED) is 0.610. The Kier molecular flexibility index (Phi) is 3.58. The lowest BCUT2D eigenvalue weighted by Gasteiger charge is -2.17. The molecule has 1 amide bonds. The number of carbonyl (C=O) groups is 1. The fraction of sp³-hybridized carbons (Fsp3) is 0.118. The number of imidazole rings is 1. The fourth-order valence-corrected chi connectivity index (χ4v) is 2.94. The Hall–Kier alpha value is -3.06. The molecule has 126 valence electrons. The summed E-state index contributed by atoms with van der Waals surface area (Å²) in [5, 5.41) is 0.600. The maximum Gasteiger partial charge on any atom is 0.293 e. The number of nitrogen functional groups attached to an aromatic ring is 1. The summed E-state index contributed by atoms with van der Waals surface area (Å²) in [5.41, 5.74) is 8.56. The summed E-state index contributed by atoms with van der Waals surface area (Å²) < 4.78 is 7.24. The summed E-state index contributed by atoms with van der Waals surface area (Å²) in [6.45, 7) is 0.361. The molecule has 0 unspecified atom stereocenters. The maximum atomic E-state index is 12.8. The van der Waals surface area contributed by atoms with Gasteiger partial charge in [-0.1, -0.05) is 17.7 Å². The molecule has 1 aromatic carbocycles. The van der Waals surface area contributed by atoms with Crippen molar-refractivity contribution in [2.24, 2.45) is 0 Å². The van der Waals surface area contributed by atoms with Gasteiger partial charge in [0.1, 0.15) is 11.2 Å². The van der Waals surface area contributed by atoms with Gasteiger partial charge in [0, 0.05) is 13.2 Å². The fourth-order valence-electron chi connectivity index (χ4n) is 2.78. The van der Waals surface area contributed by atoms with Crippen molar-refractivity contribution >= 4 is 40.3 Å². The van der Waals surface area contributed by atoms with Gasteiger partial charge in [-0.15, -0.1) is 0 Å². The first-order chi connectivity index (χ1) is 12.0. The van der Waals surface area contributed by atoms with Crippen LogP contribution in [0.3, 0.4) is 0 Å². The SMILES string of the molecule is CN(Cc1cnc2ccc(Cl)cn12)C(=O)c1cccc2nc(N)oc12. The van der Waals surface area contributed by atoms with Crippen molar-refractivity contribution in [3.05, 3.63) is 59.0 Å². The zero-order valence-corrected chi connectivity index (χ0v) is 14.1. The molecule has 0 spiro atoms. The van der Waals surface area contributed by atoms with Crippen molar-refractivity contribution in [3.8, 4) is 0 Å². The minimum Gasteiger partial charge on any atom is -0.423 e. The summed E-state index contributed by atoms with van der Waals surface area (Å²) in [5.74, 6) is -0.196. The number of oxazole rings is 1. The van der Waals surface area contributed by atoms with Crippen LogP contribution in [0.2, 0.25) is 5.02 Å². The van der Waals surface area contributed by atoms with Gasteiger partial charge < -0.3 is 19.5 Å². The highest BCUT2D eigenvalue weighted by Crippen LogP contribution is 2.23. The number of fused-ring (bicyclic) bond motifs is 2. The lowest BCUT2D eigenvalue weighted by atomic mass is 10.1. The van der Waals surface area contributed by atoms with Crippen molar-refractivity contribution in [3.63, 3.8) is 0 Å². The van der Waals surface area contributed by atoms with Crippen LogP contribution in [0.1, 0.15) is 16.1 Å². The number of rotatable bonds is 3. The molecular weight excluding hydrogens is 342 g/mol. The molecular formula is C17H14ClN5O2. The van der Waals surface area contributed by atoms with Crippen molar-refractivity contribution in [2.45, 2.75) is 6.54 Å². The van der Waals surface area contributed by atoms with E-state index in [4.69, 9.17) is 21.8 Å². The van der Waals surface area contributed by atoms with Crippen molar-refractivity contribution in [1.29, 1.82) is 0 Å².